The van der Waals surface area contributed by atoms with Crippen molar-refractivity contribution in [3.05, 3.63) is 35.4 Å². The van der Waals surface area contributed by atoms with Gasteiger partial charge in [-0.15, -0.1) is 0 Å². The predicted octanol–water partition coefficient (Wildman–Crippen LogP) is 2.45. The molecule has 2 aliphatic heterocycles. The smallest absolute Gasteiger partial charge is 0.338 e. The Hall–Kier alpha value is -2.25. The van der Waals surface area contributed by atoms with Crippen molar-refractivity contribution in [3.63, 3.8) is 0 Å². The van der Waals surface area contributed by atoms with E-state index in [-0.39, 0.29) is 18.4 Å². The maximum atomic E-state index is 12.3. The number of rotatable bonds is 6. The number of ketones is 1. The predicted molar refractivity (Wildman–Crippen MR) is 116 cm³/mol. The summed E-state index contributed by atoms with van der Waals surface area (Å²) in [4.78, 5) is 31.1. The van der Waals surface area contributed by atoms with Crippen molar-refractivity contribution in [2.24, 2.45) is 16.8 Å². The van der Waals surface area contributed by atoms with Gasteiger partial charge in [-0.1, -0.05) is 31.4 Å². The van der Waals surface area contributed by atoms with Crippen molar-refractivity contribution >= 4 is 17.7 Å². The summed E-state index contributed by atoms with van der Waals surface area (Å²) >= 11 is 0. The van der Waals surface area contributed by atoms with Crippen LogP contribution in [0.2, 0.25) is 0 Å². The summed E-state index contributed by atoms with van der Waals surface area (Å²) in [5.74, 6) is 1.31. The molecule has 0 spiro atoms. The quantitative estimate of drug-likeness (QED) is 0.701. The highest BCUT2D eigenvalue weighted by molar-refractivity contribution is 6.05. The van der Waals surface area contributed by atoms with Gasteiger partial charge in [0.25, 0.3) is 0 Å². The molecule has 7 nitrogen and oxygen atoms in total. The number of carbonyl (C=O) groups is 2. The van der Waals surface area contributed by atoms with E-state index in [2.05, 4.69) is 9.89 Å². The Labute approximate surface area is 183 Å². The molecule has 2 fully saturated rings. The van der Waals surface area contributed by atoms with E-state index in [9.17, 15) is 14.7 Å². The molecule has 1 aromatic carbocycles. The lowest BCUT2D eigenvalue weighted by atomic mass is 9.72. The molecule has 5 unspecified atom stereocenters. The van der Waals surface area contributed by atoms with E-state index in [0.717, 1.165) is 13.0 Å². The fourth-order valence-electron chi connectivity index (χ4n) is 5.38. The van der Waals surface area contributed by atoms with Crippen molar-refractivity contribution in [1.29, 1.82) is 0 Å². The fraction of sp³-hybridized carbons (Fsp3) is 0.625. The van der Waals surface area contributed by atoms with Gasteiger partial charge in [-0.25, -0.2) is 9.79 Å². The summed E-state index contributed by atoms with van der Waals surface area (Å²) < 4.78 is 10.6. The lowest BCUT2D eigenvalue weighted by Crippen LogP contribution is -2.54. The monoisotopic (exact) mass is 428 g/mol. The number of hydrogen-bond acceptors (Lipinski definition) is 7. The van der Waals surface area contributed by atoms with Crippen molar-refractivity contribution in [3.8, 4) is 0 Å². The number of fused-ring (bicyclic) bond motifs is 1. The second kappa shape index (κ2) is 9.49. The van der Waals surface area contributed by atoms with Crippen LogP contribution in [-0.2, 0) is 14.3 Å². The van der Waals surface area contributed by atoms with Gasteiger partial charge in [0.15, 0.2) is 0 Å². The number of hydrogen-bond donors (Lipinski definition) is 1. The van der Waals surface area contributed by atoms with Crippen LogP contribution in [0.3, 0.4) is 0 Å². The number of aliphatic imine (C=N–C) groups is 1. The average molecular weight is 429 g/mol. The van der Waals surface area contributed by atoms with Crippen LogP contribution in [0, 0.1) is 11.8 Å². The van der Waals surface area contributed by atoms with E-state index >= 15 is 0 Å². The molecular formula is C24H32N2O5. The van der Waals surface area contributed by atoms with Crippen molar-refractivity contribution < 1.29 is 24.2 Å². The van der Waals surface area contributed by atoms with E-state index < -0.39 is 18.1 Å². The van der Waals surface area contributed by atoms with E-state index in [0.29, 0.717) is 35.4 Å². The second-order valence-corrected chi connectivity index (χ2v) is 9.04. The number of esters is 1. The van der Waals surface area contributed by atoms with Crippen LogP contribution in [0.4, 0.5) is 0 Å². The Kier molecular flexibility index (Phi) is 6.72. The average Bonchev–Trinajstić information content (AvgIpc) is 3.28. The molecule has 5 atom stereocenters. The first-order chi connectivity index (χ1) is 15.0. The lowest BCUT2D eigenvalue weighted by Gasteiger charge is -2.46. The highest BCUT2D eigenvalue weighted by Crippen LogP contribution is 2.39. The fourth-order valence-corrected chi connectivity index (χ4v) is 5.38. The zero-order valence-electron chi connectivity index (χ0n) is 18.3. The number of ether oxygens (including phenoxy) is 2. The number of likely N-dealkylation sites (tertiary alicyclic amines) is 1. The first-order valence-corrected chi connectivity index (χ1v) is 11.3. The molecule has 1 aromatic rings. The highest BCUT2D eigenvalue weighted by atomic mass is 16.5. The van der Waals surface area contributed by atoms with Crippen molar-refractivity contribution in [2.75, 3.05) is 26.8 Å². The third-order valence-electron chi connectivity index (χ3n) is 7.07. The Morgan fingerprint density at radius 3 is 2.74 bits per heavy atom. The largest absolute Gasteiger partial charge is 0.475 e. The minimum Gasteiger partial charge on any atom is -0.475 e. The first kappa shape index (κ1) is 22.0. The summed E-state index contributed by atoms with van der Waals surface area (Å²) in [7, 11) is 1.34. The molecule has 1 aliphatic carbocycles. The molecule has 0 amide bonds. The van der Waals surface area contributed by atoms with E-state index in [1.165, 1.54) is 32.8 Å². The second-order valence-electron chi connectivity index (χ2n) is 9.04. The molecular weight excluding hydrogens is 396 g/mol. The zero-order chi connectivity index (χ0) is 22.0. The number of benzene rings is 1. The Morgan fingerprint density at radius 1 is 1.26 bits per heavy atom. The Bertz CT molecular complexity index is 854. The van der Waals surface area contributed by atoms with Crippen LogP contribution in [0.25, 0.3) is 0 Å². The molecule has 1 saturated carbocycles. The number of β-amino-alcohol motifs (C(OH)–C–C–N with tert-alkyl or cyclic N) is 1. The van der Waals surface area contributed by atoms with E-state index in [1.54, 1.807) is 25.1 Å². The number of carbonyl (C=O) groups excluding carboxylic acids is 2. The number of piperidine rings is 1. The molecule has 3 aliphatic rings. The lowest BCUT2D eigenvalue weighted by molar-refractivity contribution is -0.126. The van der Waals surface area contributed by atoms with Gasteiger partial charge in [0, 0.05) is 13.1 Å². The molecule has 0 aromatic heterocycles. The number of aliphatic hydroxyl groups excluding tert-OH is 1. The summed E-state index contributed by atoms with van der Waals surface area (Å²) in [5.41, 5.74) is 0.948. The van der Waals surface area contributed by atoms with Crippen LogP contribution in [0.5, 0.6) is 0 Å². The minimum absolute atomic E-state index is 0.125. The number of nitrogens with zero attached hydrogens (tertiary/aromatic N) is 2. The summed E-state index contributed by atoms with van der Waals surface area (Å²) in [6.07, 6.45) is 5.10. The SMILES string of the molecule is COC(=O)c1ccccc1C1=NC(C(O)CN2CC3CCCCC3CC2C(C)=O)CO1. The molecule has 4 rings (SSSR count). The highest BCUT2D eigenvalue weighted by Gasteiger charge is 2.40. The van der Waals surface area contributed by atoms with Crippen LogP contribution in [-0.4, -0.2) is 72.7 Å². The molecule has 1 saturated heterocycles. The van der Waals surface area contributed by atoms with E-state index in [1.807, 2.05) is 6.07 Å². The normalized spacial score (nSPS) is 29.5. The Morgan fingerprint density at radius 2 is 2.00 bits per heavy atom. The molecule has 2 heterocycles. The number of aliphatic hydroxyl groups is 1. The summed E-state index contributed by atoms with van der Waals surface area (Å²) in [6.45, 7) is 3.17. The van der Waals surface area contributed by atoms with Gasteiger partial charge in [0.05, 0.1) is 30.4 Å². The molecule has 1 N–H and O–H groups in total. The molecule has 31 heavy (non-hydrogen) atoms. The van der Waals surface area contributed by atoms with Gasteiger partial charge in [0.2, 0.25) is 5.90 Å². The van der Waals surface area contributed by atoms with E-state index in [4.69, 9.17) is 9.47 Å². The molecule has 0 bridgehead atoms. The zero-order valence-corrected chi connectivity index (χ0v) is 18.3. The van der Waals surface area contributed by atoms with Crippen molar-refractivity contribution in [1.82, 2.24) is 4.90 Å². The third-order valence-corrected chi connectivity index (χ3v) is 7.07. The van der Waals surface area contributed by atoms with Crippen LogP contribution >= 0.6 is 0 Å². The third kappa shape index (κ3) is 4.67. The van der Waals surface area contributed by atoms with Gasteiger partial charge in [0.1, 0.15) is 18.4 Å². The van der Waals surface area contributed by atoms with Gasteiger partial charge in [-0.2, -0.15) is 0 Å². The van der Waals surface area contributed by atoms with Crippen LogP contribution in [0.1, 0.15) is 54.9 Å². The topological polar surface area (TPSA) is 88.4 Å². The Balaban J connectivity index is 1.46. The van der Waals surface area contributed by atoms with Gasteiger partial charge in [-0.3, -0.25) is 9.69 Å². The summed E-state index contributed by atoms with van der Waals surface area (Å²) in [5, 5.41) is 11.0. The molecule has 7 heteroatoms. The van der Waals surface area contributed by atoms with Gasteiger partial charge >= 0.3 is 5.97 Å². The molecule has 0 radical (unpaired) electrons. The van der Waals surface area contributed by atoms with Gasteiger partial charge in [-0.05, 0) is 43.7 Å². The number of methoxy groups -OCH3 is 1. The van der Waals surface area contributed by atoms with Crippen molar-refractivity contribution in [2.45, 2.75) is 57.2 Å². The van der Waals surface area contributed by atoms with Gasteiger partial charge < -0.3 is 14.6 Å². The van der Waals surface area contributed by atoms with Crippen LogP contribution in [0.15, 0.2) is 29.3 Å². The molecule has 168 valence electrons. The maximum Gasteiger partial charge on any atom is 0.338 e. The standard InChI is InChI=1S/C24H32N2O5/c1-15(27)21-11-16-7-3-4-8-17(16)12-26(21)13-22(28)20-14-31-23(25-20)18-9-5-6-10-19(18)24(29)30-2/h5-6,9-10,16-17,20-22,28H,3-4,7-8,11-14H2,1-2H3. The maximum absolute atomic E-state index is 12.3. The first-order valence-electron chi connectivity index (χ1n) is 11.3. The summed E-state index contributed by atoms with van der Waals surface area (Å²) in [6, 6.07) is 6.44. The minimum atomic E-state index is -0.746. The number of Topliss-reactive ketones (excluding diaryl/α,β-unsaturated/α-hetero) is 1. The van der Waals surface area contributed by atoms with Crippen LogP contribution < -0.4 is 0 Å².